The van der Waals surface area contributed by atoms with Gasteiger partial charge in [-0.2, -0.15) is 0 Å². The van der Waals surface area contributed by atoms with Crippen LogP contribution < -0.4 is 0 Å². The van der Waals surface area contributed by atoms with E-state index in [1.165, 1.54) is 0 Å². The maximum atomic E-state index is 10.7. The zero-order valence-electron chi connectivity index (χ0n) is 9.19. The first-order valence-electron chi connectivity index (χ1n) is 5.47. The van der Waals surface area contributed by atoms with Crippen molar-refractivity contribution in [3.05, 3.63) is 45.4 Å². The summed E-state index contributed by atoms with van der Waals surface area (Å²) in [6.45, 7) is 0. The zero-order chi connectivity index (χ0) is 12.4. The molecule has 0 saturated carbocycles. The maximum absolute atomic E-state index is 10.7. The average molecular weight is 297 g/mol. The van der Waals surface area contributed by atoms with Crippen molar-refractivity contribution in [3.63, 3.8) is 0 Å². The second kappa shape index (κ2) is 5.02. The van der Waals surface area contributed by atoms with Crippen LogP contribution in [0.15, 0.2) is 34.3 Å². The third-order valence-electron chi connectivity index (χ3n) is 2.97. The minimum atomic E-state index is -1.00. The van der Waals surface area contributed by atoms with Gasteiger partial charge in [0.05, 0.1) is 0 Å². The van der Waals surface area contributed by atoms with Crippen molar-refractivity contribution in [3.8, 4) is 0 Å². The molecule has 0 spiro atoms. The molecule has 1 unspecified atom stereocenters. The number of rotatable bonds is 1. The number of fused-ring (bicyclic) bond motifs is 1. The number of hydrogen-bond acceptors (Lipinski definition) is 2. The normalized spacial score (nSPS) is 22.0. The second-order valence-electron chi connectivity index (χ2n) is 4.16. The molecular weight excluding hydrogens is 284 g/mol. The zero-order valence-corrected chi connectivity index (χ0v) is 10.8. The van der Waals surface area contributed by atoms with E-state index in [0.717, 1.165) is 34.5 Å². The molecule has 0 aliphatic heterocycles. The molecule has 90 valence electrons. The van der Waals surface area contributed by atoms with E-state index in [1.54, 1.807) is 0 Å². The highest BCUT2D eigenvalue weighted by atomic mass is 79.9. The minimum absolute atomic E-state index is 0.582. The van der Waals surface area contributed by atoms with Gasteiger partial charge in [0.15, 0.2) is 0 Å². The van der Waals surface area contributed by atoms with Gasteiger partial charge >= 0.3 is 5.97 Å². The van der Waals surface area contributed by atoms with Crippen molar-refractivity contribution in [2.24, 2.45) is 0 Å². The van der Waals surface area contributed by atoms with Gasteiger partial charge in [0, 0.05) is 10.5 Å². The third kappa shape index (κ3) is 2.76. The van der Waals surface area contributed by atoms with Crippen LogP contribution >= 0.6 is 15.9 Å². The van der Waals surface area contributed by atoms with Crippen LogP contribution in [-0.4, -0.2) is 16.2 Å². The lowest BCUT2D eigenvalue weighted by molar-refractivity contribution is -0.131. The van der Waals surface area contributed by atoms with Crippen molar-refractivity contribution in [1.82, 2.24) is 0 Å². The molecule has 0 fully saturated rings. The summed E-state index contributed by atoms with van der Waals surface area (Å²) in [5.74, 6) is -1.00. The Hall–Kier alpha value is -1.13. The molecule has 0 amide bonds. The van der Waals surface area contributed by atoms with Crippen LogP contribution in [0, 0.1) is 0 Å². The van der Waals surface area contributed by atoms with E-state index >= 15 is 0 Å². The van der Waals surface area contributed by atoms with Crippen molar-refractivity contribution < 1.29 is 15.0 Å². The van der Waals surface area contributed by atoms with Crippen LogP contribution in [0.3, 0.4) is 0 Å². The largest absolute Gasteiger partial charge is 0.478 e. The SMILES string of the molecule is O=C(O)/C=C1\CCCc2cc(Br)ccc2C1O. The average Bonchev–Trinajstić information content (AvgIpc) is 2.39. The lowest BCUT2D eigenvalue weighted by Crippen LogP contribution is -2.04. The van der Waals surface area contributed by atoms with Crippen LogP contribution in [0.2, 0.25) is 0 Å². The molecule has 0 heterocycles. The fourth-order valence-electron chi connectivity index (χ4n) is 2.19. The number of benzene rings is 1. The number of aliphatic hydroxyl groups excluding tert-OH is 1. The first-order chi connectivity index (χ1) is 8.08. The van der Waals surface area contributed by atoms with E-state index in [1.807, 2.05) is 18.2 Å². The number of aliphatic hydroxyl groups is 1. The van der Waals surface area contributed by atoms with Gasteiger partial charge in [0.25, 0.3) is 0 Å². The second-order valence-corrected chi connectivity index (χ2v) is 5.07. The smallest absolute Gasteiger partial charge is 0.328 e. The Kier molecular flexibility index (Phi) is 3.64. The Morgan fingerprint density at radius 2 is 2.18 bits per heavy atom. The number of carboxylic acids is 1. The summed E-state index contributed by atoms with van der Waals surface area (Å²) in [4.78, 5) is 10.7. The number of carboxylic acid groups (broad SMARTS) is 1. The summed E-state index contributed by atoms with van der Waals surface area (Å²) in [7, 11) is 0. The van der Waals surface area contributed by atoms with Gasteiger partial charge in [-0.05, 0) is 48.1 Å². The van der Waals surface area contributed by atoms with Gasteiger partial charge in [0.1, 0.15) is 6.10 Å². The Bertz CT molecular complexity index is 480. The van der Waals surface area contributed by atoms with Crippen LogP contribution in [0.1, 0.15) is 30.1 Å². The molecule has 17 heavy (non-hydrogen) atoms. The molecule has 0 aromatic heterocycles. The Morgan fingerprint density at radius 1 is 1.41 bits per heavy atom. The number of carbonyl (C=O) groups is 1. The van der Waals surface area contributed by atoms with E-state index < -0.39 is 12.1 Å². The van der Waals surface area contributed by atoms with Gasteiger partial charge < -0.3 is 10.2 Å². The fourth-order valence-corrected chi connectivity index (χ4v) is 2.60. The van der Waals surface area contributed by atoms with Crippen molar-refractivity contribution in [2.45, 2.75) is 25.4 Å². The predicted molar refractivity (Wildman–Crippen MR) is 67.8 cm³/mol. The Morgan fingerprint density at radius 3 is 2.88 bits per heavy atom. The summed E-state index contributed by atoms with van der Waals surface area (Å²) in [5.41, 5.74) is 2.48. The van der Waals surface area contributed by atoms with Crippen molar-refractivity contribution in [2.75, 3.05) is 0 Å². The van der Waals surface area contributed by atoms with E-state index in [-0.39, 0.29) is 0 Å². The van der Waals surface area contributed by atoms with Crippen LogP contribution in [-0.2, 0) is 11.2 Å². The van der Waals surface area contributed by atoms with Gasteiger partial charge in [-0.15, -0.1) is 0 Å². The number of aliphatic carboxylic acids is 1. The summed E-state index contributed by atoms with van der Waals surface area (Å²) >= 11 is 3.40. The molecule has 2 rings (SSSR count). The van der Waals surface area contributed by atoms with Crippen LogP contribution in [0.5, 0.6) is 0 Å². The topological polar surface area (TPSA) is 57.5 Å². The maximum Gasteiger partial charge on any atom is 0.328 e. The van der Waals surface area contributed by atoms with E-state index in [4.69, 9.17) is 5.11 Å². The van der Waals surface area contributed by atoms with Gasteiger partial charge in [-0.3, -0.25) is 0 Å². The van der Waals surface area contributed by atoms with Gasteiger partial charge in [0.2, 0.25) is 0 Å². The minimum Gasteiger partial charge on any atom is -0.478 e. The molecule has 1 aromatic rings. The van der Waals surface area contributed by atoms with Crippen molar-refractivity contribution in [1.29, 1.82) is 0 Å². The summed E-state index contributed by atoms with van der Waals surface area (Å²) in [5, 5.41) is 19.0. The monoisotopic (exact) mass is 296 g/mol. The molecule has 3 nitrogen and oxygen atoms in total. The lowest BCUT2D eigenvalue weighted by atomic mass is 9.98. The molecule has 1 aromatic carbocycles. The molecule has 1 atom stereocenters. The Labute approximate surface area is 108 Å². The van der Waals surface area contributed by atoms with Gasteiger partial charge in [-0.25, -0.2) is 4.79 Å². The Balaban J connectivity index is 2.43. The lowest BCUT2D eigenvalue weighted by Gasteiger charge is -2.14. The molecule has 4 heteroatoms. The van der Waals surface area contributed by atoms with Crippen LogP contribution in [0.4, 0.5) is 0 Å². The first-order valence-corrected chi connectivity index (χ1v) is 6.27. The molecular formula is C13H13BrO3. The number of halogens is 1. The van der Waals surface area contributed by atoms with Crippen LogP contribution in [0.25, 0.3) is 0 Å². The highest BCUT2D eigenvalue weighted by Gasteiger charge is 2.21. The molecule has 2 N–H and O–H groups in total. The summed E-state index contributed by atoms with van der Waals surface area (Å²) in [6, 6.07) is 5.71. The van der Waals surface area contributed by atoms with E-state index in [9.17, 15) is 9.90 Å². The molecule has 0 saturated heterocycles. The van der Waals surface area contributed by atoms with E-state index in [0.29, 0.717) is 12.0 Å². The summed E-state index contributed by atoms with van der Waals surface area (Å²) < 4.78 is 0.981. The molecule has 0 bridgehead atoms. The summed E-state index contributed by atoms with van der Waals surface area (Å²) in [6.07, 6.45) is 2.68. The third-order valence-corrected chi connectivity index (χ3v) is 3.46. The molecule has 1 aliphatic carbocycles. The first kappa shape index (κ1) is 12.3. The highest BCUT2D eigenvalue weighted by molar-refractivity contribution is 9.10. The standard InChI is InChI=1S/C13H13BrO3/c14-10-4-5-11-8(6-10)2-1-3-9(13(11)17)7-12(15)16/h4-7,13,17H,1-3H2,(H,15,16)/b9-7+. The quantitative estimate of drug-likeness (QED) is 0.619. The van der Waals surface area contributed by atoms with Gasteiger partial charge in [-0.1, -0.05) is 22.0 Å². The van der Waals surface area contributed by atoms with E-state index in [2.05, 4.69) is 15.9 Å². The number of hydrogen-bond donors (Lipinski definition) is 2. The van der Waals surface area contributed by atoms with Crippen molar-refractivity contribution >= 4 is 21.9 Å². The molecule has 1 aliphatic rings. The fraction of sp³-hybridized carbons (Fsp3) is 0.308. The predicted octanol–water partition coefficient (Wildman–Crippen LogP) is 2.83. The number of aryl methyl sites for hydroxylation is 1. The highest BCUT2D eigenvalue weighted by Crippen LogP contribution is 2.33. The molecule has 0 radical (unpaired) electrons.